The Balaban J connectivity index is 1.56. The van der Waals surface area contributed by atoms with Crippen molar-refractivity contribution in [1.82, 2.24) is 24.6 Å². The number of benzene rings is 1. The molecule has 0 spiro atoms. The van der Waals surface area contributed by atoms with Gasteiger partial charge in [0, 0.05) is 50.0 Å². The number of nitrogens with zero attached hydrogens (tertiary/aromatic N) is 4. The van der Waals surface area contributed by atoms with Gasteiger partial charge in [-0.25, -0.2) is 4.98 Å². The number of aliphatic hydroxyl groups is 1. The van der Waals surface area contributed by atoms with Crippen LogP contribution in [0.2, 0.25) is 0 Å². The Bertz CT molecular complexity index is 744. The highest BCUT2D eigenvalue weighted by atomic mass is 16.3. The second kappa shape index (κ2) is 6.36. The van der Waals surface area contributed by atoms with Crippen LogP contribution in [0.5, 0.6) is 0 Å². The molecule has 3 rings (SSSR count). The molecule has 0 aliphatic carbocycles. The van der Waals surface area contributed by atoms with Crippen LogP contribution in [0.4, 0.5) is 0 Å². The SMILES string of the molecule is Cn1cc(C(C)(O)CNCc2ccc(-n3ccnc3)cc2)cn1. The zero-order valence-electron chi connectivity index (χ0n) is 13.3. The monoisotopic (exact) mass is 311 g/mol. The normalized spacial score (nSPS) is 13.9. The quantitative estimate of drug-likeness (QED) is 0.725. The zero-order chi connectivity index (χ0) is 16.3. The molecule has 2 heterocycles. The van der Waals surface area contributed by atoms with Gasteiger partial charge in [-0.05, 0) is 24.6 Å². The molecular formula is C17H21N5O. The van der Waals surface area contributed by atoms with Crippen LogP contribution in [-0.2, 0) is 19.2 Å². The smallest absolute Gasteiger partial charge is 0.102 e. The Kier molecular flexibility index (Phi) is 4.27. The van der Waals surface area contributed by atoms with Crippen LogP contribution in [0.25, 0.3) is 5.69 Å². The average Bonchev–Trinajstić information content (AvgIpc) is 3.19. The van der Waals surface area contributed by atoms with E-state index < -0.39 is 5.60 Å². The lowest BCUT2D eigenvalue weighted by Gasteiger charge is -2.22. The lowest BCUT2D eigenvalue weighted by atomic mass is 9.99. The number of aromatic nitrogens is 4. The summed E-state index contributed by atoms with van der Waals surface area (Å²) in [6, 6.07) is 8.25. The summed E-state index contributed by atoms with van der Waals surface area (Å²) in [7, 11) is 1.84. The van der Waals surface area contributed by atoms with E-state index in [1.165, 1.54) is 0 Å². The molecule has 0 saturated heterocycles. The summed E-state index contributed by atoms with van der Waals surface area (Å²) in [4.78, 5) is 4.04. The molecule has 6 nitrogen and oxygen atoms in total. The van der Waals surface area contributed by atoms with Crippen molar-refractivity contribution in [2.24, 2.45) is 7.05 Å². The summed E-state index contributed by atoms with van der Waals surface area (Å²) in [5.74, 6) is 0. The summed E-state index contributed by atoms with van der Waals surface area (Å²) in [6.07, 6.45) is 8.98. The Morgan fingerprint density at radius 1 is 1.26 bits per heavy atom. The van der Waals surface area contributed by atoms with Crippen molar-refractivity contribution in [1.29, 1.82) is 0 Å². The van der Waals surface area contributed by atoms with E-state index in [1.807, 2.05) is 24.0 Å². The maximum absolute atomic E-state index is 10.5. The molecule has 1 aromatic carbocycles. The molecule has 6 heteroatoms. The minimum absolute atomic E-state index is 0.460. The van der Waals surface area contributed by atoms with Gasteiger partial charge in [0.15, 0.2) is 0 Å². The highest BCUT2D eigenvalue weighted by Crippen LogP contribution is 2.18. The van der Waals surface area contributed by atoms with Crippen LogP contribution in [0.15, 0.2) is 55.4 Å². The molecule has 0 amide bonds. The van der Waals surface area contributed by atoms with Crippen LogP contribution in [-0.4, -0.2) is 31.0 Å². The number of hydrogen-bond acceptors (Lipinski definition) is 4. The summed E-state index contributed by atoms with van der Waals surface area (Å²) in [5, 5.41) is 17.9. The molecule has 0 radical (unpaired) electrons. The van der Waals surface area contributed by atoms with Crippen molar-refractivity contribution in [2.45, 2.75) is 19.1 Å². The van der Waals surface area contributed by atoms with Crippen molar-refractivity contribution < 1.29 is 5.11 Å². The van der Waals surface area contributed by atoms with Crippen molar-refractivity contribution in [3.63, 3.8) is 0 Å². The van der Waals surface area contributed by atoms with Crippen molar-refractivity contribution in [3.05, 3.63) is 66.5 Å². The van der Waals surface area contributed by atoms with Crippen LogP contribution in [0.1, 0.15) is 18.1 Å². The fourth-order valence-corrected chi connectivity index (χ4v) is 2.45. The third-order valence-corrected chi connectivity index (χ3v) is 3.86. The second-order valence-corrected chi connectivity index (χ2v) is 5.92. The van der Waals surface area contributed by atoms with E-state index in [0.717, 1.165) is 16.8 Å². The van der Waals surface area contributed by atoms with E-state index in [0.29, 0.717) is 13.1 Å². The number of aryl methyl sites for hydroxylation is 1. The third-order valence-electron chi connectivity index (χ3n) is 3.86. The molecule has 0 fully saturated rings. The molecule has 0 saturated carbocycles. The molecule has 23 heavy (non-hydrogen) atoms. The molecule has 0 aliphatic rings. The molecule has 0 aliphatic heterocycles. The minimum Gasteiger partial charge on any atom is -0.384 e. The Morgan fingerprint density at radius 2 is 2.04 bits per heavy atom. The van der Waals surface area contributed by atoms with Gasteiger partial charge in [-0.2, -0.15) is 5.10 Å². The first kappa shape index (κ1) is 15.5. The van der Waals surface area contributed by atoms with Gasteiger partial charge in [-0.15, -0.1) is 0 Å². The largest absolute Gasteiger partial charge is 0.384 e. The van der Waals surface area contributed by atoms with E-state index >= 15 is 0 Å². The zero-order valence-corrected chi connectivity index (χ0v) is 13.3. The van der Waals surface area contributed by atoms with Gasteiger partial charge in [-0.3, -0.25) is 4.68 Å². The fourth-order valence-electron chi connectivity index (χ4n) is 2.45. The molecule has 0 bridgehead atoms. The predicted octanol–water partition coefficient (Wildman–Crippen LogP) is 1.60. The Hall–Kier alpha value is -2.44. The van der Waals surface area contributed by atoms with Gasteiger partial charge >= 0.3 is 0 Å². The lowest BCUT2D eigenvalue weighted by molar-refractivity contribution is 0.0566. The topological polar surface area (TPSA) is 67.9 Å². The Labute approximate surface area is 135 Å². The number of rotatable bonds is 6. The van der Waals surface area contributed by atoms with Crippen molar-refractivity contribution in [3.8, 4) is 5.69 Å². The van der Waals surface area contributed by atoms with Crippen molar-refractivity contribution in [2.75, 3.05) is 6.54 Å². The van der Waals surface area contributed by atoms with Gasteiger partial charge in [-0.1, -0.05) is 12.1 Å². The highest BCUT2D eigenvalue weighted by Gasteiger charge is 2.24. The summed E-state index contributed by atoms with van der Waals surface area (Å²) in [5.41, 5.74) is 2.11. The van der Waals surface area contributed by atoms with Gasteiger partial charge in [0.1, 0.15) is 5.60 Å². The molecule has 120 valence electrons. The van der Waals surface area contributed by atoms with E-state index in [1.54, 1.807) is 30.3 Å². The lowest BCUT2D eigenvalue weighted by Crippen LogP contribution is -2.34. The molecular weight excluding hydrogens is 290 g/mol. The summed E-state index contributed by atoms with van der Waals surface area (Å²) < 4.78 is 3.66. The molecule has 1 atom stereocenters. The van der Waals surface area contributed by atoms with Crippen molar-refractivity contribution >= 4 is 0 Å². The van der Waals surface area contributed by atoms with E-state index in [2.05, 4.69) is 39.7 Å². The van der Waals surface area contributed by atoms with Crippen LogP contribution >= 0.6 is 0 Å². The summed E-state index contributed by atoms with van der Waals surface area (Å²) in [6.45, 7) is 2.95. The highest BCUT2D eigenvalue weighted by molar-refractivity contribution is 5.34. The van der Waals surface area contributed by atoms with Gasteiger partial charge in [0.25, 0.3) is 0 Å². The summed E-state index contributed by atoms with van der Waals surface area (Å²) >= 11 is 0. The third kappa shape index (κ3) is 3.67. The predicted molar refractivity (Wildman–Crippen MR) is 88.0 cm³/mol. The average molecular weight is 311 g/mol. The minimum atomic E-state index is -0.939. The standard InChI is InChI=1S/C17H21N5O/c1-17(23,15-10-20-21(2)11-15)12-19-9-14-3-5-16(6-4-14)22-8-7-18-13-22/h3-8,10-11,13,19,23H,9,12H2,1-2H3. The first-order chi connectivity index (χ1) is 11.0. The van der Waals surface area contributed by atoms with Crippen LogP contribution in [0.3, 0.4) is 0 Å². The van der Waals surface area contributed by atoms with E-state index in [4.69, 9.17) is 0 Å². The van der Waals surface area contributed by atoms with Gasteiger partial charge in [0.05, 0.1) is 12.5 Å². The van der Waals surface area contributed by atoms with Crippen LogP contribution in [0, 0.1) is 0 Å². The number of nitrogens with one attached hydrogen (secondary N) is 1. The maximum atomic E-state index is 10.5. The molecule has 1 unspecified atom stereocenters. The first-order valence-electron chi connectivity index (χ1n) is 7.54. The van der Waals surface area contributed by atoms with Gasteiger partial charge in [0.2, 0.25) is 0 Å². The maximum Gasteiger partial charge on any atom is 0.102 e. The Morgan fingerprint density at radius 3 is 2.65 bits per heavy atom. The van der Waals surface area contributed by atoms with E-state index in [9.17, 15) is 5.11 Å². The van der Waals surface area contributed by atoms with Gasteiger partial charge < -0.3 is 15.0 Å². The molecule has 2 N–H and O–H groups in total. The number of imidazole rings is 1. The molecule has 2 aromatic heterocycles. The molecule has 3 aromatic rings. The van der Waals surface area contributed by atoms with E-state index in [-0.39, 0.29) is 0 Å². The first-order valence-corrected chi connectivity index (χ1v) is 7.54. The second-order valence-electron chi connectivity index (χ2n) is 5.92. The fraction of sp³-hybridized carbons (Fsp3) is 0.294. The van der Waals surface area contributed by atoms with Crippen LogP contribution < -0.4 is 5.32 Å². The number of hydrogen-bond donors (Lipinski definition) is 2.